The summed E-state index contributed by atoms with van der Waals surface area (Å²) in [6.45, 7) is 0. The van der Waals surface area contributed by atoms with Crippen molar-refractivity contribution in [1.82, 2.24) is 37.9 Å². The maximum absolute atomic E-state index is 6.66. The fourth-order valence-electron chi connectivity index (χ4n) is 18.4. The third-order valence-corrected chi connectivity index (χ3v) is 22.7. The molecule has 25 aromatic rings. The van der Waals surface area contributed by atoms with Crippen LogP contribution in [0.15, 0.2) is 308 Å². The van der Waals surface area contributed by atoms with Crippen LogP contribution in [-0.2, 0) is 0 Å². The Kier molecular flexibility index (Phi) is 10.2. The molecule has 472 valence electrons. The Hall–Kier alpha value is -14.0. The molecule has 9 heteroatoms. The van der Waals surface area contributed by atoms with Crippen molar-refractivity contribution in [3.63, 3.8) is 0 Å². The molecule has 0 unspecified atom stereocenters. The van der Waals surface area contributed by atoms with Crippen LogP contribution >= 0.6 is 0 Å². The lowest BCUT2D eigenvalue weighted by molar-refractivity contribution is 0.666. The van der Waals surface area contributed by atoms with Crippen LogP contribution < -0.4 is 0 Å². The van der Waals surface area contributed by atoms with Crippen molar-refractivity contribution in [2.24, 2.45) is 0 Å². The Balaban J connectivity index is 0.677. The first-order valence-corrected chi connectivity index (χ1v) is 35.2. The van der Waals surface area contributed by atoms with Gasteiger partial charge < -0.3 is 13.2 Å². The van der Waals surface area contributed by atoms with E-state index in [1.165, 1.54) is 103 Å². The third-order valence-electron chi connectivity index (χ3n) is 22.7. The van der Waals surface area contributed by atoms with Gasteiger partial charge in [-0.3, -0.25) is 9.13 Å². The second-order valence-corrected chi connectivity index (χ2v) is 27.9. The predicted molar refractivity (Wildman–Crippen MR) is 427 cm³/mol. The van der Waals surface area contributed by atoms with Gasteiger partial charge in [-0.1, -0.05) is 212 Å². The summed E-state index contributed by atoms with van der Waals surface area (Å²) in [5, 5.41) is 25.8. The summed E-state index contributed by atoms with van der Waals surface area (Å²) in [6, 6.07) is 111. The van der Waals surface area contributed by atoms with Gasteiger partial charge in [0.15, 0.2) is 11.4 Å². The summed E-state index contributed by atoms with van der Waals surface area (Å²) in [6.07, 6.45) is 0. The second kappa shape index (κ2) is 19.5. The Labute approximate surface area is 583 Å². The van der Waals surface area contributed by atoms with E-state index in [1.807, 2.05) is 18.2 Å². The van der Waals surface area contributed by atoms with Crippen LogP contribution in [0.1, 0.15) is 0 Å². The normalized spacial score (nSPS) is 12.7. The summed E-state index contributed by atoms with van der Waals surface area (Å²) in [5.74, 6) is 2.11. The van der Waals surface area contributed by atoms with Gasteiger partial charge in [0, 0.05) is 86.5 Å². The lowest BCUT2D eigenvalue weighted by Crippen LogP contribution is -2.03. The van der Waals surface area contributed by atoms with E-state index < -0.39 is 0 Å². The molecule has 0 saturated heterocycles. The van der Waals surface area contributed by atoms with Crippen LogP contribution in [0.4, 0.5) is 0 Å². The molecule has 0 saturated carbocycles. The van der Waals surface area contributed by atoms with Crippen LogP contribution in [-0.4, -0.2) is 37.9 Å². The minimum Gasteiger partial charge on any atom is -0.452 e. The van der Waals surface area contributed by atoms with Gasteiger partial charge in [-0.15, -0.1) is 0 Å². The molecule has 0 atom stereocenters. The molecule has 0 radical (unpaired) electrons. The first kappa shape index (κ1) is 54.0. The number of rotatable bonds is 5. The lowest BCUT2D eigenvalue weighted by Gasteiger charge is -2.14. The third kappa shape index (κ3) is 6.99. The monoisotopic (exact) mass is 1310 g/mol. The van der Waals surface area contributed by atoms with E-state index in [0.29, 0.717) is 17.4 Å². The minimum atomic E-state index is 0.589. The number of furan rings is 1. The molecule has 0 aliphatic heterocycles. The Bertz CT molecular complexity index is 8130. The molecule has 103 heavy (non-hydrogen) atoms. The highest BCUT2D eigenvalue weighted by molar-refractivity contribution is 6.39. The number of nitrogens with zero attached hydrogens (tertiary/aromatic N) is 8. The van der Waals surface area contributed by atoms with Gasteiger partial charge in [0.05, 0.1) is 60.7 Å². The quantitative estimate of drug-likeness (QED) is 0.160. The van der Waals surface area contributed by atoms with Crippen LogP contribution in [0, 0.1) is 0 Å². The van der Waals surface area contributed by atoms with Gasteiger partial charge in [0.25, 0.3) is 0 Å². The molecule has 9 aromatic heterocycles. The molecule has 9 heterocycles. The Morgan fingerprint density at radius 3 is 1.48 bits per heavy atom. The first-order valence-electron chi connectivity index (χ1n) is 35.2. The number of aromatic nitrogens is 8. The highest BCUT2D eigenvalue weighted by atomic mass is 16.3. The molecule has 0 N–H and O–H groups in total. The van der Waals surface area contributed by atoms with E-state index in [0.717, 1.165) is 121 Å². The standard InChI is InChI=1S/C94H50N8O/c1-2-20-54(21-3-1)85-91-86(66-28-12-17-33-80(66)103-91)97-94(96-85)102-76-32-16-11-26-64(76)71-50-72-68-47-56(41-43-77(68)100-79-45-40-52-19-5-7-23-61(52)82(79)84(88(72)100)90(71)102)55-38-42-59-57(46-55)36-34-53-35-37-58(48-67(53)59)92-95-73-29-13-8-27-65(73)93(98-92)101-75-31-15-10-25-63(75)70-49-69-62-24-9-14-30-74(62)99-78-44-39-51-18-4-6-22-60(51)81(78)83(87(69)99)89(70)101/h1-50H. The number of hydrogen-bond donors (Lipinski definition) is 0. The number of hydrogen-bond acceptors (Lipinski definition) is 5. The first-order chi connectivity index (χ1) is 51.1. The topological polar surface area (TPSA) is 83.4 Å². The van der Waals surface area contributed by atoms with Crippen LogP contribution in [0.2, 0.25) is 0 Å². The van der Waals surface area contributed by atoms with Crippen molar-refractivity contribution in [1.29, 1.82) is 0 Å². The van der Waals surface area contributed by atoms with Crippen LogP contribution in [0.3, 0.4) is 0 Å². The minimum absolute atomic E-state index is 0.589. The fourth-order valence-corrected chi connectivity index (χ4v) is 18.4. The zero-order valence-electron chi connectivity index (χ0n) is 54.9. The van der Waals surface area contributed by atoms with Crippen molar-refractivity contribution in [3.05, 3.63) is 303 Å². The molecular weight excluding hydrogens is 1260 g/mol. The van der Waals surface area contributed by atoms with Gasteiger partial charge in [-0.2, -0.15) is 0 Å². The van der Waals surface area contributed by atoms with Gasteiger partial charge in [0.1, 0.15) is 22.6 Å². The van der Waals surface area contributed by atoms with Gasteiger partial charge in [0.2, 0.25) is 5.95 Å². The maximum atomic E-state index is 6.66. The molecule has 0 spiro atoms. The molecule has 16 aromatic carbocycles. The summed E-state index contributed by atoms with van der Waals surface area (Å²) in [7, 11) is 0. The van der Waals surface area contributed by atoms with Crippen LogP contribution in [0.25, 0.3) is 241 Å². The lowest BCUT2D eigenvalue weighted by atomic mass is 9.95. The van der Waals surface area contributed by atoms with Crippen molar-refractivity contribution >= 4 is 196 Å². The van der Waals surface area contributed by atoms with Crippen molar-refractivity contribution in [2.75, 3.05) is 0 Å². The number of fused-ring (bicyclic) bond motifs is 31. The molecule has 0 amide bonds. The molecule has 0 fully saturated rings. The highest BCUT2D eigenvalue weighted by Gasteiger charge is 2.31. The van der Waals surface area contributed by atoms with E-state index in [1.54, 1.807) is 0 Å². The van der Waals surface area contributed by atoms with Gasteiger partial charge in [-0.25, -0.2) is 19.9 Å². The smallest absolute Gasteiger partial charge is 0.236 e. The van der Waals surface area contributed by atoms with E-state index >= 15 is 0 Å². The summed E-state index contributed by atoms with van der Waals surface area (Å²) in [4.78, 5) is 22.3. The summed E-state index contributed by atoms with van der Waals surface area (Å²) in [5.41, 5.74) is 19.5. The van der Waals surface area contributed by atoms with Crippen molar-refractivity contribution < 1.29 is 4.42 Å². The molecule has 0 aliphatic carbocycles. The molecule has 0 bridgehead atoms. The molecule has 25 rings (SSSR count). The zero-order chi connectivity index (χ0) is 66.6. The molecular formula is C94H50N8O. The van der Waals surface area contributed by atoms with E-state index in [9.17, 15) is 0 Å². The largest absolute Gasteiger partial charge is 0.452 e. The molecule has 9 nitrogen and oxygen atoms in total. The summed E-state index contributed by atoms with van der Waals surface area (Å²) >= 11 is 0. The van der Waals surface area contributed by atoms with E-state index in [-0.39, 0.29) is 0 Å². The summed E-state index contributed by atoms with van der Waals surface area (Å²) < 4.78 is 16.4. The average molecular weight is 1310 g/mol. The SMILES string of the molecule is c1ccc(-c2nc(-n3c4ccccc4c4cc5c6cc(-c7ccc8c(ccc9ccc(-c%10nc(-n%11c%12ccccc%12c%12cc%13c%14ccccc%14n%14c%15ccc%16ccccc%16c%15c(c%12%11)c%13%14)c%11ccccc%11n%10)cc98)c7)ccc6n6c7ccc8ccccc8c7c(c43)c56)nc3c2oc2ccccc23)cc1. The number of benzene rings is 16. The van der Waals surface area contributed by atoms with Gasteiger partial charge >= 0.3 is 0 Å². The fraction of sp³-hybridized carbons (Fsp3) is 0. The molecule has 0 aliphatic rings. The zero-order valence-corrected chi connectivity index (χ0v) is 54.9. The van der Waals surface area contributed by atoms with E-state index in [4.69, 9.17) is 24.4 Å². The second-order valence-electron chi connectivity index (χ2n) is 27.9. The average Bonchev–Trinajstić information content (AvgIpc) is 1.51. The van der Waals surface area contributed by atoms with E-state index in [2.05, 4.69) is 303 Å². The van der Waals surface area contributed by atoms with Gasteiger partial charge in [-0.05, 0) is 145 Å². The van der Waals surface area contributed by atoms with Crippen molar-refractivity contribution in [2.45, 2.75) is 0 Å². The van der Waals surface area contributed by atoms with Crippen molar-refractivity contribution in [3.8, 4) is 45.5 Å². The Morgan fingerprint density at radius 2 is 0.748 bits per heavy atom. The maximum Gasteiger partial charge on any atom is 0.236 e. The predicted octanol–water partition coefficient (Wildman–Crippen LogP) is 24.4. The highest BCUT2D eigenvalue weighted by Crippen LogP contribution is 2.52. The Morgan fingerprint density at radius 1 is 0.252 bits per heavy atom. The van der Waals surface area contributed by atoms with Crippen LogP contribution in [0.5, 0.6) is 0 Å². The number of para-hydroxylation sites is 5.